The normalized spacial score (nSPS) is 15.2. The van der Waals surface area contributed by atoms with Crippen molar-refractivity contribution in [3.63, 3.8) is 0 Å². The third-order valence-electron chi connectivity index (χ3n) is 3.48. The molecule has 3 rings (SSSR count). The van der Waals surface area contributed by atoms with Gasteiger partial charge in [0.2, 0.25) is 0 Å². The molecule has 2 aromatic heterocycles. The standard InChI is InChI=1S/C13H18N4O2S2/c1-9(2)17-8-10(7-14-17)21(18,19)16-13-15-11-5-3-4-6-12(11)20-13/h7-9H,3-6H2,1-2H3,(H,15,16). The summed E-state index contributed by atoms with van der Waals surface area (Å²) in [6.45, 7) is 3.90. The van der Waals surface area contributed by atoms with Gasteiger partial charge in [0.1, 0.15) is 4.90 Å². The van der Waals surface area contributed by atoms with Gasteiger partial charge in [0.05, 0.1) is 11.9 Å². The fourth-order valence-electron chi connectivity index (χ4n) is 2.31. The molecule has 8 heteroatoms. The summed E-state index contributed by atoms with van der Waals surface area (Å²) in [5.74, 6) is 0. The van der Waals surface area contributed by atoms with Gasteiger partial charge in [-0.2, -0.15) is 5.10 Å². The van der Waals surface area contributed by atoms with E-state index in [1.54, 1.807) is 10.9 Å². The van der Waals surface area contributed by atoms with Crippen molar-refractivity contribution >= 4 is 26.5 Å². The molecule has 1 aliphatic carbocycles. The van der Waals surface area contributed by atoms with Crippen molar-refractivity contribution < 1.29 is 8.42 Å². The molecular weight excluding hydrogens is 308 g/mol. The van der Waals surface area contributed by atoms with E-state index in [-0.39, 0.29) is 10.9 Å². The number of rotatable bonds is 4. The highest BCUT2D eigenvalue weighted by Gasteiger charge is 2.21. The number of anilines is 1. The van der Waals surface area contributed by atoms with Crippen LogP contribution in [0.2, 0.25) is 0 Å². The molecule has 2 heterocycles. The SMILES string of the molecule is CC(C)n1cc(S(=O)(=O)Nc2nc3c(s2)CCCC3)cn1. The van der Waals surface area contributed by atoms with Gasteiger partial charge in [0.25, 0.3) is 10.0 Å². The number of nitrogens with zero attached hydrogens (tertiary/aromatic N) is 3. The van der Waals surface area contributed by atoms with E-state index in [0.29, 0.717) is 5.13 Å². The maximum absolute atomic E-state index is 12.4. The van der Waals surface area contributed by atoms with Gasteiger partial charge in [-0.3, -0.25) is 9.40 Å². The summed E-state index contributed by atoms with van der Waals surface area (Å²) in [4.78, 5) is 5.78. The Bertz CT molecular complexity index is 723. The smallest absolute Gasteiger partial charge is 0.266 e. The number of aromatic nitrogens is 3. The number of hydrogen-bond acceptors (Lipinski definition) is 5. The maximum Gasteiger partial charge on any atom is 0.266 e. The Balaban J connectivity index is 1.83. The Morgan fingerprint density at radius 3 is 2.76 bits per heavy atom. The van der Waals surface area contributed by atoms with E-state index >= 15 is 0 Å². The Morgan fingerprint density at radius 2 is 2.10 bits per heavy atom. The minimum Gasteiger partial charge on any atom is -0.269 e. The van der Waals surface area contributed by atoms with Crippen LogP contribution < -0.4 is 4.72 Å². The van der Waals surface area contributed by atoms with Gasteiger partial charge in [-0.1, -0.05) is 0 Å². The molecule has 6 nitrogen and oxygen atoms in total. The Hall–Kier alpha value is -1.41. The van der Waals surface area contributed by atoms with Gasteiger partial charge in [-0.15, -0.1) is 11.3 Å². The van der Waals surface area contributed by atoms with E-state index in [1.165, 1.54) is 22.4 Å². The van der Waals surface area contributed by atoms with Crippen LogP contribution in [0, 0.1) is 0 Å². The quantitative estimate of drug-likeness (QED) is 0.937. The van der Waals surface area contributed by atoms with Crippen LogP contribution in [-0.4, -0.2) is 23.2 Å². The summed E-state index contributed by atoms with van der Waals surface area (Å²) in [6.07, 6.45) is 7.14. The first-order valence-electron chi connectivity index (χ1n) is 7.01. The Morgan fingerprint density at radius 1 is 1.33 bits per heavy atom. The van der Waals surface area contributed by atoms with Crippen molar-refractivity contribution in [2.45, 2.75) is 50.5 Å². The molecule has 0 bridgehead atoms. The van der Waals surface area contributed by atoms with Crippen LogP contribution in [0.1, 0.15) is 43.3 Å². The average Bonchev–Trinajstić information content (AvgIpc) is 3.04. The van der Waals surface area contributed by atoms with Crippen molar-refractivity contribution in [1.29, 1.82) is 0 Å². The second kappa shape index (κ2) is 5.42. The number of thiazole rings is 1. The highest BCUT2D eigenvalue weighted by molar-refractivity contribution is 7.93. The lowest BCUT2D eigenvalue weighted by Crippen LogP contribution is -2.12. The van der Waals surface area contributed by atoms with Crippen LogP contribution in [-0.2, 0) is 22.9 Å². The van der Waals surface area contributed by atoms with E-state index < -0.39 is 10.0 Å². The minimum atomic E-state index is -3.61. The Kier molecular flexibility index (Phi) is 3.75. The highest BCUT2D eigenvalue weighted by Crippen LogP contribution is 2.30. The molecule has 0 spiro atoms. The van der Waals surface area contributed by atoms with E-state index in [9.17, 15) is 8.42 Å². The summed E-state index contributed by atoms with van der Waals surface area (Å²) < 4.78 is 28.9. The predicted molar refractivity (Wildman–Crippen MR) is 82.2 cm³/mol. The molecule has 0 saturated heterocycles. The van der Waals surface area contributed by atoms with Crippen molar-refractivity contribution in [3.05, 3.63) is 23.0 Å². The van der Waals surface area contributed by atoms with Gasteiger partial charge in [-0.05, 0) is 39.5 Å². The first-order valence-corrected chi connectivity index (χ1v) is 9.31. The topological polar surface area (TPSA) is 76.9 Å². The summed E-state index contributed by atoms with van der Waals surface area (Å²) in [7, 11) is -3.61. The summed E-state index contributed by atoms with van der Waals surface area (Å²) in [5.41, 5.74) is 1.04. The number of hydrogen-bond donors (Lipinski definition) is 1. The molecule has 1 N–H and O–H groups in total. The van der Waals surface area contributed by atoms with E-state index in [2.05, 4.69) is 14.8 Å². The van der Waals surface area contributed by atoms with Crippen LogP contribution in [0.15, 0.2) is 17.3 Å². The average molecular weight is 326 g/mol. The molecule has 0 unspecified atom stereocenters. The fraction of sp³-hybridized carbons (Fsp3) is 0.538. The van der Waals surface area contributed by atoms with Crippen LogP contribution in [0.3, 0.4) is 0 Å². The molecule has 0 aliphatic heterocycles. The zero-order chi connectivity index (χ0) is 15.0. The van der Waals surface area contributed by atoms with Crippen LogP contribution >= 0.6 is 11.3 Å². The van der Waals surface area contributed by atoms with Crippen LogP contribution in [0.4, 0.5) is 5.13 Å². The van der Waals surface area contributed by atoms with Crippen molar-refractivity contribution in [1.82, 2.24) is 14.8 Å². The molecule has 0 fully saturated rings. The van der Waals surface area contributed by atoms with Crippen LogP contribution in [0.25, 0.3) is 0 Å². The van der Waals surface area contributed by atoms with E-state index in [4.69, 9.17) is 0 Å². The van der Waals surface area contributed by atoms with E-state index in [1.807, 2.05) is 13.8 Å². The van der Waals surface area contributed by atoms with E-state index in [0.717, 1.165) is 31.4 Å². The Labute approximate surface area is 128 Å². The van der Waals surface area contributed by atoms with Gasteiger partial charge in [-0.25, -0.2) is 13.4 Å². The van der Waals surface area contributed by atoms with Gasteiger partial charge >= 0.3 is 0 Å². The third kappa shape index (κ3) is 2.96. The van der Waals surface area contributed by atoms with Gasteiger partial charge < -0.3 is 0 Å². The number of fused-ring (bicyclic) bond motifs is 1. The summed E-state index contributed by atoms with van der Waals surface area (Å²) in [5, 5.41) is 4.53. The molecule has 2 aromatic rings. The molecular formula is C13H18N4O2S2. The first kappa shape index (κ1) is 14.5. The molecule has 21 heavy (non-hydrogen) atoms. The highest BCUT2D eigenvalue weighted by atomic mass is 32.2. The number of aryl methyl sites for hydroxylation is 2. The first-order chi connectivity index (χ1) is 9.95. The monoisotopic (exact) mass is 326 g/mol. The third-order valence-corrected chi connectivity index (χ3v) is 5.98. The second-order valence-electron chi connectivity index (χ2n) is 5.45. The summed E-state index contributed by atoms with van der Waals surface area (Å²) >= 11 is 1.44. The molecule has 114 valence electrons. The molecule has 1 aliphatic rings. The predicted octanol–water partition coefficient (Wildman–Crippen LogP) is 2.60. The molecule has 0 atom stereocenters. The number of nitrogens with one attached hydrogen (secondary N) is 1. The molecule has 0 radical (unpaired) electrons. The fourth-order valence-corrected chi connectivity index (χ4v) is 4.53. The van der Waals surface area contributed by atoms with Crippen molar-refractivity contribution in [3.8, 4) is 0 Å². The second-order valence-corrected chi connectivity index (χ2v) is 8.22. The zero-order valence-electron chi connectivity index (χ0n) is 12.0. The van der Waals surface area contributed by atoms with Crippen molar-refractivity contribution in [2.75, 3.05) is 4.72 Å². The zero-order valence-corrected chi connectivity index (χ0v) is 13.7. The molecule has 0 aromatic carbocycles. The van der Waals surface area contributed by atoms with Crippen LogP contribution in [0.5, 0.6) is 0 Å². The largest absolute Gasteiger partial charge is 0.269 e. The summed E-state index contributed by atoms with van der Waals surface area (Å²) in [6, 6.07) is 0.126. The lowest BCUT2D eigenvalue weighted by molar-refractivity contribution is 0.531. The van der Waals surface area contributed by atoms with Crippen molar-refractivity contribution in [2.24, 2.45) is 0 Å². The number of sulfonamides is 1. The maximum atomic E-state index is 12.4. The van der Waals surface area contributed by atoms with Gasteiger partial charge in [0, 0.05) is 17.1 Å². The lowest BCUT2D eigenvalue weighted by atomic mass is 10.0. The molecule has 0 saturated carbocycles. The molecule has 0 amide bonds. The lowest BCUT2D eigenvalue weighted by Gasteiger charge is -2.06. The van der Waals surface area contributed by atoms with Gasteiger partial charge in [0.15, 0.2) is 5.13 Å². The minimum absolute atomic E-state index is 0.126.